The average molecular weight is 263 g/mol. The second kappa shape index (κ2) is 5.08. The van der Waals surface area contributed by atoms with E-state index in [2.05, 4.69) is 5.32 Å². The quantitative estimate of drug-likeness (QED) is 0.830. The fourth-order valence-corrected chi connectivity index (χ4v) is 3.12. The Morgan fingerprint density at radius 2 is 1.82 bits per heavy atom. The predicted molar refractivity (Wildman–Crippen MR) is 60.8 cm³/mol. The average Bonchev–Trinajstić information content (AvgIpc) is 2.28. The van der Waals surface area contributed by atoms with Gasteiger partial charge in [0.2, 0.25) is 0 Å². The van der Waals surface area contributed by atoms with Crippen LogP contribution in [0.3, 0.4) is 0 Å². The molecule has 94 valence electrons. The molecule has 1 aromatic carbocycles. The van der Waals surface area contributed by atoms with E-state index in [0.29, 0.717) is 30.4 Å². The monoisotopic (exact) mass is 263 g/mol. The lowest BCUT2D eigenvalue weighted by molar-refractivity contribution is 0.495. The zero-order chi connectivity index (χ0) is 12.4. The van der Waals surface area contributed by atoms with Crippen molar-refractivity contribution in [3.63, 3.8) is 0 Å². The van der Waals surface area contributed by atoms with Crippen LogP contribution in [0.1, 0.15) is 12.8 Å². The molecule has 0 atom stereocenters. The van der Waals surface area contributed by atoms with E-state index in [-0.39, 0.29) is 11.7 Å². The van der Waals surface area contributed by atoms with Crippen LogP contribution in [0.5, 0.6) is 0 Å². The van der Waals surface area contributed by atoms with Crippen LogP contribution >= 0.6 is 0 Å². The molecule has 1 N–H and O–H groups in total. The Morgan fingerprint density at radius 3 is 2.47 bits per heavy atom. The molecule has 1 fully saturated rings. The maximum absolute atomic E-state index is 13.3. The molecule has 2 rings (SSSR count). The number of rotatable bonds is 2. The van der Waals surface area contributed by atoms with E-state index in [1.165, 1.54) is 0 Å². The number of hydrogen-bond donors (Lipinski definition) is 1. The molecule has 0 unspecified atom stereocenters. The van der Waals surface area contributed by atoms with Gasteiger partial charge in [-0.05, 0) is 12.8 Å². The minimum Gasteiger partial charge on any atom is -0.380 e. The van der Waals surface area contributed by atoms with Gasteiger partial charge in [0.05, 0.1) is 5.69 Å². The molecule has 0 aromatic heterocycles. The van der Waals surface area contributed by atoms with Gasteiger partial charge in [0, 0.05) is 40.5 Å². The summed E-state index contributed by atoms with van der Waals surface area (Å²) in [5, 5.41) is 2.76. The van der Waals surface area contributed by atoms with Gasteiger partial charge in [0.15, 0.2) is 11.6 Å². The van der Waals surface area contributed by atoms with Gasteiger partial charge in [0.25, 0.3) is 0 Å². The highest BCUT2D eigenvalue weighted by molar-refractivity contribution is 7.85. The third kappa shape index (κ3) is 3.00. The molecule has 1 heterocycles. The van der Waals surface area contributed by atoms with Crippen molar-refractivity contribution in [3.8, 4) is 0 Å². The lowest BCUT2D eigenvalue weighted by atomic mass is 10.1. The van der Waals surface area contributed by atoms with E-state index in [0.717, 1.165) is 6.07 Å². The topological polar surface area (TPSA) is 29.1 Å². The summed E-state index contributed by atoms with van der Waals surface area (Å²) in [7, 11) is -0.815. The molecule has 0 radical (unpaired) electrons. The second-order valence-electron chi connectivity index (χ2n) is 4.02. The molecular weight excluding hydrogens is 251 g/mol. The largest absolute Gasteiger partial charge is 0.380 e. The van der Waals surface area contributed by atoms with Crippen molar-refractivity contribution in [2.24, 2.45) is 0 Å². The maximum atomic E-state index is 13.3. The summed E-state index contributed by atoms with van der Waals surface area (Å²) in [5.41, 5.74) is -0.166. The molecule has 0 bridgehead atoms. The van der Waals surface area contributed by atoms with Crippen LogP contribution in [0.25, 0.3) is 0 Å². The summed E-state index contributed by atoms with van der Waals surface area (Å²) in [5.74, 6) is -2.01. The van der Waals surface area contributed by atoms with Gasteiger partial charge in [-0.2, -0.15) is 0 Å². The molecular formula is C11H12F3NOS. The number of hydrogen-bond acceptors (Lipinski definition) is 2. The SMILES string of the molecule is O=S1CCC(Nc2cc(F)cc(F)c2F)CC1. The standard InChI is InChI=1S/C11H12F3NOS/c12-7-5-9(13)11(14)10(6-7)15-8-1-3-17(16)4-2-8/h5-6,8,15H,1-4H2. The van der Waals surface area contributed by atoms with Crippen molar-refractivity contribution in [2.75, 3.05) is 16.8 Å². The van der Waals surface area contributed by atoms with Gasteiger partial charge >= 0.3 is 0 Å². The van der Waals surface area contributed by atoms with Gasteiger partial charge in [-0.3, -0.25) is 4.21 Å². The Morgan fingerprint density at radius 1 is 1.18 bits per heavy atom. The zero-order valence-corrected chi connectivity index (χ0v) is 9.83. The molecule has 17 heavy (non-hydrogen) atoms. The molecule has 2 nitrogen and oxygen atoms in total. The van der Waals surface area contributed by atoms with Crippen molar-refractivity contribution in [1.29, 1.82) is 0 Å². The van der Waals surface area contributed by atoms with Gasteiger partial charge < -0.3 is 5.32 Å². The molecule has 1 saturated heterocycles. The maximum Gasteiger partial charge on any atom is 0.182 e. The Labute approximate surface area is 99.7 Å². The molecule has 0 saturated carbocycles. The Balaban J connectivity index is 2.10. The first kappa shape index (κ1) is 12.4. The molecule has 0 amide bonds. The summed E-state index contributed by atoms with van der Waals surface area (Å²) in [6.07, 6.45) is 1.23. The van der Waals surface area contributed by atoms with Crippen molar-refractivity contribution in [1.82, 2.24) is 0 Å². The first-order valence-corrected chi connectivity index (χ1v) is 6.81. The van der Waals surface area contributed by atoms with Crippen LogP contribution in [0.2, 0.25) is 0 Å². The zero-order valence-electron chi connectivity index (χ0n) is 9.01. The molecule has 6 heteroatoms. The van der Waals surface area contributed by atoms with Crippen LogP contribution in [-0.4, -0.2) is 21.8 Å². The molecule has 1 aliphatic rings. The number of benzene rings is 1. The Kier molecular flexibility index (Phi) is 3.71. The summed E-state index contributed by atoms with van der Waals surface area (Å²) in [4.78, 5) is 0. The summed E-state index contributed by atoms with van der Waals surface area (Å²) in [6.45, 7) is 0. The summed E-state index contributed by atoms with van der Waals surface area (Å²) >= 11 is 0. The lowest BCUT2D eigenvalue weighted by Crippen LogP contribution is -2.29. The van der Waals surface area contributed by atoms with Gasteiger partial charge in [-0.15, -0.1) is 0 Å². The fraction of sp³-hybridized carbons (Fsp3) is 0.455. The van der Waals surface area contributed by atoms with Crippen molar-refractivity contribution in [3.05, 3.63) is 29.6 Å². The summed E-state index contributed by atoms with van der Waals surface area (Å²) < 4.78 is 50.4. The van der Waals surface area contributed by atoms with Crippen LogP contribution in [0, 0.1) is 17.5 Å². The highest BCUT2D eigenvalue weighted by Gasteiger charge is 2.20. The molecule has 0 spiro atoms. The molecule has 0 aliphatic carbocycles. The smallest absolute Gasteiger partial charge is 0.182 e. The molecule has 1 aromatic rings. The van der Waals surface area contributed by atoms with Crippen molar-refractivity contribution in [2.45, 2.75) is 18.9 Å². The van der Waals surface area contributed by atoms with Crippen LogP contribution in [-0.2, 0) is 10.8 Å². The third-order valence-electron chi connectivity index (χ3n) is 2.74. The predicted octanol–water partition coefficient (Wildman–Crippen LogP) is 2.43. The first-order valence-electron chi connectivity index (χ1n) is 5.32. The Bertz CT molecular complexity index is 443. The number of halogens is 3. The van der Waals surface area contributed by atoms with E-state index in [1.54, 1.807) is 0 Å². The van der Waals surface area contributed by atoms with Crippen LogP contribution in [0.4, 0.5) is 18.9 Å². The highest BCUT2D eigenvalue weighted by Crippen LogP contribution is 2.22. The number of nitrogens with one attached hydrogen (secondary N) is 1. The van der Waals surface area contributed by atoms with E-state index in [4.69, 9.17) is 0 Å². The second-order valence-corrected chi connectivity index (χ2v) is 5.71. The first-order chi connectivity index (χ1) is 8.06. The van der Waals surface area contributed by atoms with E-state index in [1.807, 2.05) is 0 Å². The van der Waals surface area contributed by atoms with Crippen LogP contribution in [0.15, 0.2) is 12.1 Å². The van der Waals surface area contributed by atoms with Gasteiger partial charge in [-0.1, -0.05) is 0 Å². The Hall–Kier alpha value is -1.04. The molecule has 1 aliphatic heterocycles. The van der Waals surface area contributed by atoms with Gasteiger partial charge in [0.1, 0.15) is 5.82 Å². The van der Waals surface area contributed by atoms with Crippen LogP contribution < -0.4 is 5.32 Å². The van der Waals surface area contributed by atoms with E-state index in [9.17, 15) is 17.4 Å². The van der Waals surface area contributed by atoms with Crippen molar-refractivity contribution >= 4 is 16.5 Å². The minimum atomic E-state index is -1.20. The van der Waals surface area contributed by atoms with E-state index < -0.39 is 28.3 Å². The van der Waals surface area contributed by atoms with Gasteiger partial charge in [-0.25, -0.2) is 13.2 Å². The fourth-order valence-electron chi connectivity index (χ4n) is 1.82. The third-order valence-corrected chi connectivity index (χ3v) is 4.12. The van der Waals surface area contributed by atoms with Crippen molar-refractivity contribution < 1.29 is 17.4 Å². The number of anilines is 1. The normalized spacial score (nSPS) is 24.6. The lowest BCUT2D eigenvalue weighted by Gasteiger charge is -2.23. The minimum absolute atomic E-state index is 0.0802. The highest BCUT2D eigenvalue weighted by atomic mass is 32.2. The van der Waals surface area contributed by atoms with E-state index >= 15 is 0 Å². The summed E-state index contributed by atoms with van der Waals surface area (Å²) in [6, 6.07) is 1.36.